The van der Waals surface area contributed by atoms with Crippen LogP contribution in [0.4, 0.5) is 0 Å². The number of nitrogens with one attached hydrogen (secondary N) is 1. The van der Waals surface area contributed by atoms with Crippen molar-refractivity contribution in [3.05, 3.63) is 75.6 Å². The summed E-state index contributed by atoms with van der Waals surface area (Å²) in [5, 5.41) is 15.6. The molecular formula is C25H25N3O5. The molecule has 0 bridgehead atoms. The van der Waals surface area contributed by atoms with Crippen molar-refractivity contribution in [2.45, 2.75) is 39.2 Å². The maximum absolute atomic E-state index is 13.1. The Morgan fingerprint density at radius 3 is 2.70 bits per heavy atom. The fraction of sp³-hybridized carbons (Fsp3) is 0.280. The van der Waals surface area contributed by atoms with Crippen LogP contribution in [0, 0.1) is 6.92 Å². The smallest absolute Gasteiger partial charge is 0.303 e. The fourth-order valence-corrected chi connectivity index (χ4v) is 4.05. The number of carboxylic acids is 1. The molecule has 8 heteroatoms. The molecule has 8 nitrogen and oxygen atoms in total. The van der Waals surface area contributed by atoms with Crippen molar-refractivity contribution in [2.75, 3.05) is 6.61 Å². The fourth-order valence-electron chi connectivity index (χ4n) is 4.05. The third kappa shape index (κ3) is 4.64. The number of hydrogen-bond donors (Lipinski definition) is 2. The standard InChI is InChI=1S/C25H25N3O5/c1-3-33-21-9-5-8-17-13-18(25(32)26-24(17)21)20-14-19(16-7-4-6-15(2)12-16)27-28(20)22(29)10-11-23(30)31/h4-9,12-13,20H,3,10-11,14H2,1-2H3,(H,26,32)(H,30,31)/t20-/m1/s1. The summed E-state index contributed by atoms with van der Waals surface area (Å²) in [4.78, 5) is 39.9. The van der Waals surface area contributed by atoms with Crippen molar-refractivity contribution in [1.82, 2.24) is 9.99 Å². The van der Waals surface area contributed by atoms with Crippen molar-refractivity contribution in [1.29, 1.82) is 0 Å². The van der Waals surface area contributed by atoms with Gasteiger partial charge in [0.1, 0.15) is 5.75 Å². The molecule has 1 aromatic heterocycles. The average Bonchev–Trinajstić information content (AvgIpc) is 3.23. The van der Waals surface area contributed by atoms with Crippen LogP contribution in [0.25, 0.3) is 10.9 Å². The molecule has 1 aliphatic heterocycles. The summed E-state index contributed by atoms with van der Waals surface area (Å²) in [5.74, 6) is -0.919. The number of amides is 1. The zero-order valence-corrected chi connectivity index (χ0v) is 18.5. The Morgan fingerprint density at radius 2 is 1.97 bits per heavy atom. The van der Waals surface area contributed by atoms with E-state index in [4.69, 9.17) is 9.84 Å². The van der Waals surface area contributed by atoms with Gasteiger partial charge < -0.3 is 14.8 Å². The summed E-state index contributed by atoms with van der Waals surface area (Å²) in [6.45, 7) is 4.30. The normalized spacial score (nSPS) is 15.5. The Labute approximate surface area is 190 Å². The number of aliphatic carboxylic acids is 1. The molecule has 0 saturated carbocycles. The number of pyridine rings is 1. The second kappa shape index (κ2) is 9.28. The van der Waals surface area contributed by atoms with Gasteiger partial charge in [0.05, 0.1) is 30.3 Å². The zero-order chi connectivity index (χ0) is 23.5. The quantitative estimate of drug-likeness (QED) is 0.572. The van der Waals surface area contributed by atoms with E-state index in [1.807, 2.05) is 50.2 Å². The first-order chi connectivity index (χ1) is 15.9. The third-order valence-corrected chi connectivity index (χ3v) is 5.60. The molecule has 2 N–H and O–H groups in total. The number of H-pyrrole nitrogens is 1. The largest absolute Gasteiger partial charge is 0.492 e. The van der Waals surface area contributed by atoms with Crippen LogP contribution in [0.5, 0.6) is 5.75 Å². The molecule has 2 aromatic carbocycles. The number of aromatic nitrogens is 1. The molecule has 1 atom stereocenters. The molecule has 4 rings (SSSR count). The van der Waals surface area contributed by atoms with E-state index in [1.54, 1.807) is 12.1 Å². The highest BCUT2D eigenvalue weighted by molar-refractivity contribution is 6.03. The summed E-state index contributed by atoms with van der Waals surface area (Å²) in [6, 6.07) is 14.4. The van der Waals surface area contributed by atoms with Gasteiger partial charge in [-0.15, -0.1) is 0 Å². The second-order valence-corrected chi connectivity index (χ2v) is 7.98. The minimum absolute atomic E-state index is 0.198. The number of rotatable bonds is 7. The first-order valence-corrected chi connectivity index (χ1v) is 10.8. The Kier molecular flexibility index (Phi) is 6.26. The Bertz CT molecular complexity index is 1310. The monoisotopic (exact) mass is 447 g/mol. The molecule has 0 spiro atoms. The third-order valence-electron chi connectivity index (χ3n) is 5.60. The van der Waals surface area contributed by atoms with Crippen LogP contribution in [-0.2, 0) is 9.59 Å². The molecule has 0 radical (unpaired) electrons. The Morgan fingerprint density at radius 1 is 1.18 bits per heavy atom. The van der Waals surface area contributed by atoms with Gasteiger partial charge in [0.2, 0.25) is 5.91 Å². The van der Waals surface area contributed by atoms with Crippen molar-refractivity contribution >= 4 is 28.5 Å². The second-order valence-electron chi connectivity index (χ2n) is 7.98. The summed E-state index contributed by atoms with van der Waals surface area (Å²) in [7, 11) is 0. The van der Waals surface area contributed by atoms with Crippen LogP contribution in [0.15, 0.2) is 58.4 Å². The maximum atomic E-state index is 13.1. The van der Waals surface area contributed by atoms with Crippen LogP contribution in [0.1, 0.15) is 48.9 Å². The van der Waals surface area contributed by atoms with Crippen LogP contribution in [0.2, 0.25) is 0 Å². The number of para-hydroxylation sites is 1. The van der Waals surface area contributed by atoms with Gasteiger partial charge in [-0.2, -0.15) is 5.10 Å². The van der Waals surface area contributed by atoms with E-state index in [0.717, 1.165) is 16.5 Å². The van der Waals surface area contributed by atoms with Crippen LogP contribution >= 0.6 is 0 Å². The molecule has 33 heavy (non-hydrogen) atoms. The zero-order valence-electron chi connectivity index (χ0n) is 18.5. The number of carbonyl (C=O) groups excluding carboxylic acids is 1. The van der Waals surface area contributed by atoms with Gasteiger partial charge >= 0.3 is 5.97 Å². The van der Waals surface area contributed by atoms with Crippen molar-refractivity contribution in [3.63, 3.8) is 0 Å². The van der Waals surface area contributed by atoms with E-state index in [9.17, 15) is 14.4 Å². The number of aromatic amines is 1. The number of aryl methyl sites for hydroxylation is 1. The number of fused-ring (bicyclic) bond motifs is 1. The van der Waals surface area contributed by atoms with E-state index in [2.05, 4.69) is 10.1 Å². The topological polar surface area (TPSA) is 112 Å². The number of hydrazone groups is 1. The van der Waals surface area contributed by atoms with Crippen LogP contribution in [0.3, 0.4) is 0 Å². The Hall–Kier alpha value is -3.94. The van der Waals surface area contributed by atoms with Gasteiger partial charge in [0.15, 0.2) is 0 Å². The van der Waals surface area contributed by atoms with Gasteiger partial charge in [0, 0.05) is 23.8 Å². The van der Waals surface area contributed by atoms with Gasteiger partial charge in [0.25, 0.3) is 5.56 Å². The highest BCUT2D eigenvalue weighted by Gasteiger charge is 2.35. The lowest BCUT2D eigenvalue weighted by molar-refractivity contribution is -0.141. The molecule has 3 aromatic rings. The summed E-state index contributed by atoms with van der Waals surface area (Å²) >= 11 is 0. The number of hydrogen-bond acceptors (Lipinski definition) is 5. The minimum Gasteiger partial charge on any atom is -0.492 e. The molecule has 170 valence electrons. The first-order valence-electron chi connectivity index (χ1n) is 10.8. The molecule has 0 unspecified atom stereocenters. The van der Waals surface area contributed by atoms with E-state index in [0.29, 0.717) is 35.6 Å². The number of carboxylic acid groups (broad SMARTS) is 1. The SMILES string of the molecule is CCOc1cccc2cc([C@H]3CC(c4cccc(C)c4)=NN3C(=O)CCC(=O)O)c(=O)[nH]c12. The lowest BCUT2D eigenvalue weighted by Crippen LogP contribution is -2.31. The number of benzene rings is 2. The van der Waals surface area contributed by atoms with Crippen LogP contribution in [-0.4, -0.2) is 39.3 Å². The summed E-state index contributed by atoms with van der Waals surface area (Å²) < 4.78 is 5.63. The molecule has 1 aliphatic rings. The molecule has 0 aliphatic carbocycles. The molecular weight excluding hydrogens is 422 g/mol. The first kappa shape index (κ1) is 22.3. The lowest BCUT2D eigenvalue weighted by Gasteiger charge is -2.21. The van der Waals surface area contributed by atoms with Gasteiger partial charge in [-0.25, -0.2) is 5.01 Å². The average molecular weight is 447 g/mol. The molecule has 2 heterocycles. The van der Waals surface area contributed by atoms with Crippen molar-refractivity contribution in [2.24, 2.45) is 5.10 Å². The number of carbonyl (C=O) groups is 2. The number of nitrogens with zero attached hydrogens (tertiary/aromatic N) is 2. The number of ether oxygens (including phenoxy) is 1. The van der Waals surface area contributed by atoms with Gasteiger partial charge in [-0.05, 0) is 31.5 Å². The van der Waals surface area contributed by atoms with Crippen LogP contribution < -0.4 is 10.3 Å². The van der Waals surface area contributed by atoms with E-state index in [1.165, 1.54) is 5.01 Å². The predicted molar refractivity (Wildman–Crippen MR) is 125 cm³/mol. The highest BCUT2D eigenvalue weighted by atomic mass is 16.5. The maximum Gasteiger partial charge on any atom is 0.303 e. The van der Waals surface area contributed by atoms with E-state index < -0.39 is 17.9 Å². The van der Waals surface area contributed by atoms with E-state index in [-0.39, 0.29) is 18.4 Å². The summed E-state index contributed by atoms with van der Waals surface area (Å²) in [6.07, 6.45) is -0.151. The summed E-state index contributed by atoms with van der Waals surface area (Å²) in [5.41, 5.74) is 3.24. The van der Waals surface area contributed by atoms with Crippen molar-refractivity contribution in [3.8, 4) is 5.75 Å². The highest BCUT2D eigenvalue weighted by Crippen LogP contribution is 2.34. The van der Waals surface area contributed by atoms with E-state index >= 15 is 0 Å². The van der Waals surface area contributed by atoms with Crippen molar-refractivity contribution < 1.29 is 19.4 Å². The minimum atomic E-state index is -1.06. The molecule has 0 saturated heterocycles. The van der Waals surface area contributed by atoms with Gasteiger partial charge in [-0.1, -0.05) is 42.0 Å². The lowest BCUT2D eigenvalue weighted by atomic mass is 9.97. The Balaban J connectivity index is 1.76. The molecule has 1 amide bonds. The predicted octanol–water partition coefficient (Wildman–Crippen LogP) is 3.78. The van der Waals surface area contributed by atoms with Gasteiger partial charge in [-0.3, -0.25) is 14.4 Å². The molecule has 0 fully saturated rings.